The Bertz CT molecular complexity index is 3730. The molecule has 0 saturated heterocycles. The molecule has 0 spiro atoms. The zero-order chi connectivity index (χ0) is 53.8. The lowest BCUT2D eigenvalue weighted by Crippen LogP contribution is -2.33. The van der Waals surface area contributed by atoms with Crippen molar-refractivity contribution in [2.24, 2.45) is 0 Å². The third-order valence-electron chi connectivity index (χ3n) is 12.6. The third kappa shape index (κ3) is 12.0. The molecular weight excluding hydrogens is 1140 g/mol. The number of anilines is 1. The van der Waals surface area contributed by atoms with Gasteiger partial charge in [-0.25, -0.2) is 8.42 Å². The summed E-state index contributed by atoms with van der Waals surface area (Å²) in [7, 11) is -26.8. The van der Waals surface area contributed by atoms with Crippen molar-refractivity contribution in [3.8, 4) is 0 Å². The van der Waals surface area contributed by atoms with Gasteiger partial charge < -0.3 is 18.9 Å². The van der Waals surface area contributed by atoms with Crippen molar-refractivity contribution in [1.29, 1.82) is 0 Å². The first-order chi connectivity index (χ1) is 33.1. The van der Waals surface area contributed by atoms with E-state index in [4.69, 9.17) is 9.47 Å². The fourth-order valence-electron chi connectivity index (χ4n) is 9.50. The van der Waals surface area contributed by atoms with E-state index in [1.807, 2.05) is 0 Å². The Morgan fingerprint density at radius 1 is 0.681 bits per heavy atom. The summed E-state index contributed by atoms with van der Waals surface area (Å²) in [4.78, 5) is -1.85. The highest BCUT2D eigenvalue weighted by Gasteiger charge is 2.49. The van der Waals surface area contributed by atoms with Crippen LogP contribution in [-0.2, 0) is 81.0 Å². The number of allylic oxidation sites excluding steroid dienone is 6. The lowest BCUT2D eigenvalue weighted by Gasteiger charge is -2.30. The van der Waals surface area contributed by atoms with Gasteiger partial charge in [0, 0.05) is 84.8 Å². The van der Waals surface area contributed by atoms with Gasteiger partial charge in [-0.3, -0.25) is 22.8 Å². The van der Waals surface area contributed by atoms with E-state index in [9.17, 15) is 77.8 Å². The van der Waals surface area contributed by atoms with E-state index in [2.05, 4.69) is 15.9 Å². The van der Waals surface area contributed by atoms with Crippen molar-refractivity contribution < 1.29 is 91.9 Å². The summed E-state index contributed by atoms with van der Waals surface area (Å²) in [5, 5.41) is -0.366. The van der Waals surface area contributed by atoms with Crippen LogP contribution in [0.1, 0.15) is 50.7 Å². The zero-order valence-corrected chi connectivity index (χ0v) is 45.1. The number of rotatable bonds is 21. The van der Waals surface area contributed by atoms with Crippen LogP contribution in [0.5, 0.6) is 0 Å². The molecule has 0 saturated carbocycles. The lowest BCUT2D eigenvalue weighted by molar-refractivity contribution is -0.437. The van der Waals surface area contributed by atoms with E-state index in [0.29, 0.717) is 45.0 Å². The summed E-state index contributed by atoms with van der Waals surface area (Å²) in [6.07, 6.45) is 6.28. The second-order valence-electron chi connectivity index (χ2n) is 17.4. The van der Waals surface area contributed by atoms with E-state index in [0.717, 1.165) is 12.1 Å². The van der Waals surface area contributed by atoms with Crippen molar-refractivity contribution in [2.45, 2.75) is 69.9 Å². The monoisotopic (exact) mass is 1180 g/mol. The Kier molecular flexibility index (Phi) is 16.4. The van der Waals surface area contributed by atoms with Crippen LogP contribution in [-0.4, -0.2) is 140 Å². The van der Waals surface area contributed by atoms with Gasteiger partial charge in [0.15, 0.2) is 5.71 Å². The molecule has 72 heavy (non-hydrogen) atoms. The lowest BCUT2D eigenvalue weighted by atomic mass is 9.75. The van der Waals surface area contributed by atoms with Gasteiger partial charge >= 0.3 is 0 Å². The van der Waals surface area contributed by atoms with Crippen LogP contribution >= 0.6 is 15.9 Å². The van der Waals surface area contributed by atoms with Crippen molar-refractivity contribution in [3.63, 3.8) is 0 Å². The topological polar surface area (TPSA) is 354 Å². The molecule has 0 aromatic heterocycles. The van der Waals surface area contributed by atoms with E-state index in [-0.39, 0.29) is 79.1 Å². The highest BCUT2D eigenvalue weighted by Crippen LogP contribution is 2.54. The van der Waals surface area contributed by atoms with E-state index >= 15 is 0 Å². The molecule has 394 valence electrons. The number of hydrogen-bond acceptors (Lipinski definition) is 16. The second kappa shape index (κ2) is 20.6. The van der Waals surface area contributed by atoms with E-state index in [1.165, 1.54) is 38.5 Å². The first-order valence-electron chi connectivity index (χ1n) is 21.2. The first-order valence-corrected chi connectivity index (χ1v) is 31.0. The van der Waals surface area contributed by atoms with Crippen LogP contribution in [0.3, 0.4) is 0 Å². The number of hydrogen-bond donors (Lipinski definition) is 5. The summed E-state index contributed by atoms with van der Waals surface area (Å²) < 4.78 is 224. The fourth-order valence-corrected chi connectivity index (χ4v) is 13.4. The maximum absolute atomic E-state index is 12.7. The van der Waals surface area contributed by atoms with Gasteiger partial charge in [0.2, 0.25) is 5.69 Å². The highest BCUT2D eigenvalue weighted by molar-refractivity contribution is 9.11. The second-order valence-corrected chi connectivity index (χ2v) is 27.0. The first kappa shape index (κ1) is 57.2. The number of nitrogens with zero attached hydrogens (tertiary/aromatic N) is 2. The molecule has 2 aliphatic heterocycles. The molecule has 2 aliphatic rings. The number of halogens is 1. The minimum atomic E-state index is -5.37. The van der Waals surface area contributed by atoms with Crippen LogP contribution in [0.4, 0.5) is 11.4 Å². The van der Waals surface area contributed by atoms with Crippen LogP contribution in [0.2, 0.25) is 0 Å². The summed E-state index contributed by atoms with van der Waals surface area (Å²) in [6.45, 7) is 3.33. The van der Waals surface area contributed by atoms with Gasteiger partial charge in [-0.1, -0.05) is 22.0 Å². The number of methoxy groups -OCH3 is 2. The predicted octanol–water partition coefficient (Wildman–Crippen LogP) is 5.12. The van der Waals surface area contributed by atoms with Gasteiger partial charge in [0.1, 0.15) is 21.6 Å². The quantitative estimate of drug-likeness (QED) is 0.0410. The van der Waals surface area contributed by atoms with Crippen molar-refractivity contribution in [3.05, 3.63) is 94.1 Å². The molecule has 0 radical (unpaired) electrons. The summed E-state index contributed by atoms with van der Waals surface area (Å²) >= 11 is 3.57. The Hall–Kier alpha value is -4.05. The molecule has 0 aliphatic carbocycles. The SMILES string of the molecule is COCCC1(C)C(/C=C/C(Br)=C/C=C2/N(CCCS(=O)(=O)O)c3ccc4c(S(=O)(=O)[O-])cc(S(=O)(=O)O)cc4c3C2(C)CCOC)=[N+](CCCS(=O)(=O)O)c2ccc3c(S(=O)(=O)O)cc(S(=O)(=O)O)cc3c21. The molecule has 0 fully saturated rings. The van der Waals surface area contributed by atoms with Gasteiger partial charge in [-0.15, -0.1) is 0 Å². The minimum Gasteiger partial charge on any atom is -0.744 e. The van der Waals surface area contributed by atoms with Gasteiger partial charge in [-0.2, -0.15) is 46.7 Å². The molecular formula is C43H49BrN2O20S6. The molecule has 2 heterocycles. The standard InChI is InChI=1S/C43H49BrN2O20S6/c1-42(15-19-65-3)38(45(17-5-21-67(47,48)49)34-11-9-30-32(40(34)42)23-28(69(53,54)55)25-36(30)71(59,60)61)13-7-27(44)8-14-39-43(2,16-20-66-4)41-33-24-29(70(56,57)58)26-37(72(62,63)64)31(33)10-12-35(41)46(39)18-6-22-68(50,51)52/h7-14,23-26H,5-6,15-22H2,1-4H3,(H5-,47,48,49,50,51,52,53,54,55,56,57,58,59,60,61,62,63,64). The summed E-state index contributed by atoms with van der Waals surface area (Å²) in [5.74, 6) is -1.37. The smallest absolute Gasteiger partial charge is 0.295 e. The average Bonchev–Trinajstić information content (AvgIpc) is 3.63. The summed E-state index contributed by atoms with van der Waals surface area (Å²) in [6, 6.07) is 8.75. The number of benzene rings is 4. The Balaban J connectivity index is 1.61. The molecule has 2 unspecified atom stereocenters. The van der Waals surface area contributed by atoms with Crippen LogP contribution < -0.4 is 4.90 Å². The largest absolute Gasteiger partial charge is 0.744 e. The minimum absolute atomic E-state index is 0.0159. The number of ether oxygens (including phenoxy) is 2. The maximum atomic E-state index is 12.7. The van der Waals surface area contributed by atoms with Crippen LogP contribution in [0.25, 0.3) is 21.5 Å². The Labute approximate surface area is 425 Å². The fraction of sp³-hybridized carbons (Fsp3) is 0.372. The Morgan fingerprint density at radius 2 is 1.19 bits per heavy atom. The molecule has 29 heteroatoms. The van der Waals surface area contributed by atoms with E-state index < -0.39 is 103 Å². The molecule has 0 bridgehead atoms. The zero-order valence-electron chi connectivity index (χ0n) is 38.6. The highest BCUT2D eigenvalue weighted by atomic mass is 79.9. The van der Waals surface area contributed by atoms with Crippen molar-refractivity contribution in [1.82, 2.24) is 0 Å². The maximum Gasteiger partial charge on any atom is 0.295 e. The van der Waals surface area contributed by atoms with Crippen molar-refractivity contribution in [2.75, 3.05) is 56.9 Å². The van der Waals surface area contributed by atoms with Crippen LogP contribution in [0, 0.1) is 0 Å². The van der Waals surface area contributed by atoms with Crippen LogP contribution in [0.15, 0.2) is 103 Å². The normalized spacial score (nSPS) is 19.9. The molecule has 0 amide bonds. The third-order valence-corrected chi connectivity index (χ3v) is 18.2. The molecule has 2 atom stereocenters. The molecule has 5 N–H and O–H groups in total. The number of fused-ring (bicyclic) bond motifs is 6. The Morgan fingerprint density at radius 3 is 1.72 bits per heavy atom. The molecule has 22 nitrogen and oxygen atoms in total. The molecule has 4 aromatic rings. The molecule has 6 rings (SSSR count). The van der Waals surface area contributed by atoms with Gasteiger partial charge in [-0.05, 0) is 109 Å². The average molecular weight is 1190 g/mol. The molecule has 4 aromatic carbocycles. The van der Waals surface area contributed by atoms with Gasteiger partial charge in [0.05, 0.1) is 31.6 Å². The predicted molar refractivity (Wildman–Crippen MR) is 266 cm³/mol. The van der Waals surface area contributed by atoms with E-state index in [1.54, 1.807) is 47.6 Å². The summed E-state index contributed by atoms with van der Waals surface area (Å²) in [5.41, 5.74) is -0.477. The van der Waals surface area contributed by atoms with Crippen molar-refractivity contribution >= 4 is 115 Å². The van der Waals surface area contributed by atoms with Gasteiger partial charge in [0.25, 0.3) is 50.6 Å².